The van der Waals surface area contributed by atoms with Gasteiger partial charge in [-0.3, -0.25) is 4.79 Å². The van der Waals surface area contributed by atoms with Crippen LogP contribution in [0.5, 0.6) is 0 Å². The lowest BCUT2D eigenvalue weighted by Gasteiger charge is -2.22. The maximum Gasteiger partial charge on any atom is 0.207 e. The second-order valence-electron chi connectivity index (χ2n) is 4.58. The molecule has 1 N–H and O–H groups in total. The Labute approximate surface area is 113 Å². The van der Waals surface area contributed by atoms with Crippen molar-refractivity contribution >= 4 is 22.3 Å². The van der Waals surface area contributed by atoms with Crippen LogP contribution in [0.2, 0.25) is 0 Å². The third kappa shape index (κ3) is 4.78. The number of amides is 1. The third-order valence-electron chi connectivity index (χ3n) is 3.18. The summed E-state index contributed by atoms with van der Waals surface area (Å²) in [7, 11) is 0.133. The SMILES string of the molecule is C=C/S(=C\C=C/C)C(C)CN1CCC(NC=O)C1. The molecule has 0 radical (unpaired) electrons. The van der Waals surface area contributed by atoms with E-state index in [1.165, 1.54) is 0 Å². The highest BCUT2D eigenvalue weighted by Crippen LogP contribution is 2.23. The summed E-state index contributed by atoms with van der Waals surface area (Å²) < 4.78 is 0. The van der Waals surface area contributed by atoms with E-state index in [0.29, 0.717) is 11.3 Å². The number of allylic oxidation sites excluding steroid dienone is 2. The molecule has 4 heteroatoms. The summed E-state index contributed by atoms with van der Waals surface area (Å²) in [6.07, 6.45) is 6.02. The molecular weight excluding hydrogens is 244 g/mol. The molecule has 0 aliphatic carbocycles. The number of carbonyl (C=O) groups excluding carboxylic acids is 1. The van der Waals surface area contributed by atoms with Gasteiger partial charge in [-0.2, -0.15) is 10.5 Å². The Morgan fingerprint density at radius 1 is 1.61 bits per heavy atom. The van der Waals surface area contributed by atoms with Gasteiger partial charge in [0.05, 0.1) is 0 Å². The third-order valence-corrected chi connectivity index (χ3v) is 5.11. The molecule has 0 spiro atoms. The first-order chi connectivity index (χ1) is 8.71. The van der Waals surface area contributed by atoms with Crippen molar-refractivity contribution in [1.29, 1.82) is 0 Å². The van der Waals surface area contributed by atoms with E-state index >= 15 is 0 Å². The fourth-order valence-corrected chi connectivity index (χ4v) is 3.63. The van der Waals surface area contributed by atoms with Crippen LogP contribution in [0.1, 0.15) is 20.3 Å². The average Bonchev–Trinajstić information content (AvgIpc) is 2.78. The minimum absolute atomic E-state index is 0.133. The molecule has 0 saturated carbocycles. The molecule has 102 valence electrons. The molecule has 0 bridgehead atoms. The van der Waals surface area contributed by atoms with E-state index < -0.39 is 0 Å². The van der Waals surface area contributed by atoms with Gasteiger partial charge < -0.3 is 10.2 Å². The molecule has 1 saturated heterocycles. The Balaban J connectivity index is 2.47. The normalized spacial score (nSPS) is 24.2. The van der Waals surface area contributed by atoms with Crippen molar-refractivity contribution in [2.75, 3.05) is 19.6 Å². The minimum atomic E-state index is 0.133. The molecule has 1 rings (SSSR count). The van der Waals surface area contributed by atoms with Crippen molar-refractivity contribution < 1.29 is 4.79 Å². The van der Waals surface area contributed by atoms with Crippen LogP contribution in [0.4, 0.5) is 0 Å². The van der Waals surface area contributed by atoms with Gasteiger partial charge in [0.1, 0.15) is 0 Å². The summed E-state index contributed by atoms with van der Waals surface area (Å²) in [6, 6.07) is 0.333. The van der Waals surface area contributed by atoms with E-state index in [1.54, 1.807) is 0 Å². The van der Waals surface area contributed by atoms with Gasteiger partial charge in [0.2, 0.25) is 6.41 Å². The lowest BCUT2D eigenvalue weighted by molar-refractivity contribution is -0.110. The largest absolute Gasteiger partial charge is 0.355 e. The van der Waals surface area contributed by atoms with E-state index in [9.17, 15) is 4.79 Å². The first-order valence-electron chi connectivity index (χ1n) is 6.42. The molecule has 1 fully saturated rings. The van der Waals surface area contributed by atoms with Crippen molar-refractivity contribution in [2.45, 2.75) is 31.6 Å². The van der Waals surface area contributed by atoms with Gasteiger partial charge in [-0.1, -0.05) is 25.7 Å². The van der Waals surface area contributed by atoms with E-state index in [2.05, 4.69) is 41.2 Å². The molecule has 3 nitrogen and oxygen atoms in total. The van der Waals surface area contributed by atoms with Crippen molar-refractivity contribution in [3.8, 4) is 0 Å². The van der Waals surface area contributed by atoms with Crippen LogP contribution in [-0.2, 0) is 4.79 Å². The lowest BCUT2D eigenvalue weighted by atomic mass is 10.3. The van der Waals surface area contributed by atoms with Gasteiger partial charge >= 0.3 is 0 Å². The smallest absolute Gasteiger partial charge is 0.207 e. The fourth-order valence-electron chi connectivity index (χ4n) is 2.20. The number of rotatable bonds is 7. The predicted octanol–water partition coefficient (Wildman–Crippen LogP) is 1.99. The number of nitrogens with one attached hydrogen (secondary N) is 1. The second kappa shape index (κ2) is 8.27. The highest BCUT2D eigenvalue weighted by molar-refractivity contribution is 8.18. The second-order valence-corrected chi connectivity index (χ2v) is 6.80. The summed E-state index contributed by atoms with van der Waals surface area (Å²) in [5.41, 5.74) is 0. The van der Waals surface area contributed by atoms with Gasteiger partial charge in [-0.05, 0) is 24.1 Å². The van der Waals surface area contributed by atoms with Gasteiger partial charge in [-0.25, -0.2) is 0 Å². The Hall–Kier alpha value is -0.870. The Bertz CT molecular complexity index is 339. The fraction of sp³-hybridized carbons (Fsp3) is 0.571. The highest BCUT2D eigenvalue weighted by Gasteiger charge is 2.23. The van der Waals surface area contributed by atoms with Crippen molar-refractivity contribution in [2.24, 2.45) is 0 Å². The summed E-state index contributed by atoms with van der Waals surface area (Å²) in [6.45, 7) is 11.3. The van der Waals surface area contributed by atoms with Crippen molar-refractivity contribution in [3.63, 3.8) is 0 Å². The average molecular weight is 268 g/mol. The van der Waals surface area contributed by atoms with Crippen LogP contribution in [0, 0.1) is 0 Å². The predicted molar refractivity (Wildman–Crippen MR) is 82.2 cm³/mol. The zero-order chi connectivity index (χ0) is 13.4. The van der Waals surface area contributed by atoms with Crippen LogP contribution in [0.25, 0.3) is 0 Å². The molecular formula is C14H24N2OS. The Kier molecular flexibility index (Phi) is 6.98. The van der Waals surface area contributed by atoms with Crippen LogP contribution >= 0.6 is 10.5 Å². The van der Waals surface area contributed by atoms with E-state index in [1.807, 2.05) is 12.3 Å². The summed E-state index contributed by atoms with van der Waals surface area (Å²) in [4.78, 5) is 12.8. The van der Waals surface area contributed by atoms with Gasteiger partial charge in [-0.15, -0.1) is 0 Å². The van der Waals surface area contributed by atoms with Gasteiger partial charge in [0.25, 0.3) is 0 Å². The zero-order valence-corrected chi connectivity index (χ0v) is 12.2. The van der Waals surface area contributed by atoms with E-state index in [0.717, 1.165) is 32.5 Å². The van der Waals surface area contributed by atoms with Crippen LogP contribution in [0.3, 0.4) is 0 Å². The number of likely N-dealkylation sites (tertiary alicyclic amines) is 1. The molecule has 0 aromatic rings. The molecule has 1 aliphatic heterocycles. The monoisotopic (exact) mass is 268 g/mol. The summed E-state index contributed by atoms with van der Waals surface area (Å²) >= 11 is 0. The molecule has 1 amide bonds. The highest BCUT2D eigenvalue weighted by atomic mass is 32.2. The molecule has 3 atom stereocenters. The first-order valence-corrected chi connectivity index (χ1v) is 7.84. The topological polar surface area (TPSA) is 32.3 Å². The summed E-state index contributed by atoms with van der Waals surface area (Å²) in [5.74, 6) is 0. The van der Waals surface area contributed by atoms with Crippen molar-refractivity contribution in [1.82, 2.24) is 10.2 Å². The standard InChI is InChI=1S/C14H24N2OS/c1-4-6-9-18(5-2)13(3)10-16-8-7-14(11-16)15-12-17/h4-6,9,12-14H,2,7-8,10-11H2,1,3H3,(H,15,17)/b6-4-. The maximum absolute atomic E-state index is 10.4. The molecule has 1 heterocycles. The molecule has 3 unspecified atom stereocenters. The minimum Gasteiger partial charge on any atom is -0.355 e. The quantitative estimate of drug-likeness (QED) is 0.435. The van der Waals surface area contributed by atoms with Crippen LogP contribution in [0.15, 0.2) is 24.1 Å². The van der Waals surface area contributed by atoms with Gasteiger partial charge in [0, 0.05) is 30.9 Å². The molecule has 1 aliphatic rings. The molecule has 0 aromatic carbocycles. The number of carbonyl (C=O) groups is 1. The number of hydrogen-bond donors (Lipinski definition) is 1. The van der Waals surface area contributed by atoms with Crippen molar-refractivity contribution in [3.05, 3.63) is 24.1 Å². The van der Waals surface area contributed by atoms with E-state index in [4.69, 9.17) is 0 Å². The molecule has 0 aromatic heterocycles. The number of nitrogens with zero attached hydrogens (tertiary/aromatic N) is 1. The summed E-state index contributed by atoms with van der Waals surface area (Å²) in [5, 5.41) is 7.72. The molecule has 18 heavy (non-hydrogen) atoms. The zero-order valence-electron chi connectivity index (χ0n) is 11.3. The number of hydrogen-bond acceptors (Lipinski definition) is 2. The first kappa shape index (κ1) is 15.2. The Morgan fingerprint density at radius 3 is 3.00 bits per heavy atom. The van der Waals surface area contributed by atoms with E-state index in [-0.39, 0.29) is 10.5 Å². The Morgan fingerprint density at radius 2 is 2.39 bits per heavy atom. The van der Waals surface area contributed by atoms with Crippen LogP contribution in [-0.4, -0.2) is 47.6 Å². The lowest BCUT2D eigenvalue weighted by Crippen LogP contribution is -2.34. The van der Waals surface area contributed by atoms with Crippen LogP contribution < -0.4 is 5.32 Å². The maximum atomic E-state index is 10.4. The van der Waals surface area contributed by atoms with Gasteiger partial charge in [0.15, 0.2) is 0 Å².